The van der Waals surface area contributed by atoms with Crippen molar-refractivity contribution in [3.05, 3.63) is 35.2 Å². The zero-order valence-electron chi connectivity index (χ0n) is 23.1. The van der Waals surface area contributed by atoms with Gasteiger partial charge < -0.3 is 14.9 Å². The summed E-state index contributed by atoms with van der Waals surface area (Å²) in [7, 11) is 0. The van der Waals surface area contributed by atoms with Crippen LogP contribution < -0.4 is 0 Å². The summed E-state index contributed by atoms with van der Waals surface area (Å²) in [5, 5.41) is 21.8. The predicted octanol–water partition coefficient (Wildman–Crippen LogP) is 5.28. The van der Waals surface area contributed by atoms with Gasteiger partial charge in [-0.3, -0.25) is 14.6 Å². The predicted molar refractivity (Wildman–Crippen MR) is 141 cm³/mol. The van der Waals surface area contributed by atoms with E-state index < -0.39 is 35.6 Å². The van der Waals surface area contributed by atoms with E-state index in [-0.39, 0.29) is 23.5 Å². The lowest BCUT2D eigenvalue weighted by molar-refractivity contribution is -0.154. The number of aliphatic hydroxyl groups is 2. The second-order valence-corrected chi connectivity index (χ2v) is 12.4. The standard InChI is InChI=1S/C30H45NO5/c1-18-10-11-23(31-17-18)13-20(3)24-14-22-16-30(22,7)12-8-9-19(2)27(34)21(4)28(35)29(5,6)25(32)15-26(33)36-24/h10-11,13,17,19,21-22,24-25,27,32,34H,8-9,12,14-16H2,1-7H3/b20-13+/t19-,21+,22+,24-,25-,27-,30-/m0/s1. The number of rotatable bonds is 2. The molecule has 0 radical (unpaired) electrons. The lowest BCUT2D eigenvalue weighted by Gasteiger charge is -2.34. The fraction of sp³-hybridized carbons (Fsp3) is 0.700. The molecule has 7 atom stereocenters. The van der Waals surface area contributed by atoms with Crippen LogP contribution in [0.3, 0.4) is 0 Å². The van der Waals surface area contributed by atoms with Gasteiger partial charge in [-0.15, -0.1) is 0 Å². The highest BCUT2D eigenvalue weighted by Crippen LogP contribution is 2.58. The van der Waals surface area contributed by atoms with Crippen molar-refractivity contribution in [1.82, 2.24) is 4.98 Å². The molecule has 0 bridgehead atoms. The number of nitrogens with zero attached hydrogens (tertiary/aromatic N) is 1. The molecule has 0 unspecified atom stereocenters. The van der Waals surface area contributed by atoms with Crippen LogP contribution in [-0.4, -0.2) is 45.3 Å². The minimum atomic E-state index is -1.20. The van der Waals surface area contributed by atoms with Crippen LogP contribution in [0.15, 0.2) is 23.9 Å². The van der Waals surface area contributed by atoms with Crippen LogP contribution in [0.1, 0.15) is 91.3 Å². The summed E-state index contributed by atoms with van der Waals surface area (Å²) < 4.78 is 5.96. The van der Waals surface area contributed by atoms with E-state index in [1.807, 2.05) is 45.2 Å². The number of Topliss-reactive ketones (excluding diaryl/α,β-unsaturated/α-hetero) is 1. The van der Waals surface area contributed by atoms with Crippen molar-refractivity contribution in [2.75, 3.05) is 0 Å². The maximum absolute atomic E-state index is 13.3. The summed E-state index contributed by atoms with van der Waals surface area (Å²) in [6, 6.07) is 3.95. The van der Waals surface area contributed by atoms with Crippen molar-refractivity contribution in [2.45, 2.75) is 105 Å². The van der Waals surface area contributed by atoms with E-state index in [2.05, 4.69) is 11.9 Å². The van der Waals surface area contributed by atoms with E-state index in [0.29, 0.717) is 5.92 Å². The molecule has 2 N–H and O–H groups in total. The summed E-state index contributed by atoms with van der Waals surface area (Å²) in [5.41, 5.74) is 1.82. The Hall–Kier alpha value is -2.05. The fourth-order valence-corrected chi connectivity index (χ4v) is 5.67. The summed E-state index contributed by atoms with van der Waals surface area (Å²) in [6.45, 7) is 13.3. The Balaban J connectivity index is 1.86. The van der Waals surface area contributed by atoms with E-state index in [0.717, 1.165) is 48.9 Å². The van der Waals surface area contributed by atoms with Gasteiger partial charge in [-0.1, -0.05) is 47.1 Å². The molecule has 6 heteroatoms. The first-order valence-corrected chi connectivity index (χ1v) is 13.5. The molecule has 0 spiro atoms. The summed E-state index contributed by atoms with van der Waals surface area (Å²) in [6.07, 6.45) is 5.79. The monoisotopic (exact) mass is 499 g/mol. The van der Waals surface area contributed by atoms with Gasteiger partial charge in [0.1, 0.15) is 11.9 Å². The average Bonchev–Trinajstić information content (AvgIpc) is 3.46. The second-order valence-electron chi connectivity index (χ2n) is 12.4. The molecule has 2 fully saturated rings. The van der Waals surface area contributed by atoms with Gasteiger partial charge in [-0.05, 0) is 80.1 Å². The van der Waals surface area contributed by atoms with Crippen molar-refractivity contribution in [3.8, 4) is 0 Å². The number of hydrogen-bond acceptors (Lipinski definition) is 6. The number of pyridine rings is 1. The number of aliphatic hydroxyl groups excluding tert-OH is 2. The van der Waals surface area contributed by atoms with Gasteiger partial charge in [-0.2, -0.15) is 0 Å². The number of carbonyl (C=O) groups is 2. The number of cyclic esters (lactones) is 1. The SMILES string of the molecule is C/C(=C\c1ccc(C)cn1)[C@@H]1C[C@@H]2C[C@]2(C)CCC[C@H](C)[C@H](O)[C@@H](C)C(=O)C(C)(C)[C@@H](O)CC(=O)O1. The zero-order valence-corrected chi connectivity index (χ0v) is 23.1. The molecule has 200 valence electrons. The number of esters is 1. The van der Waals surface area contributed by atoms with Crippen LogP contribution in [0.4, 0.5) is 0 Å². The quantitative estimate of drug-likeness (QED) is 0.537. The largest absolute Gasteiger partial charge is 0.458 e. The van der Waals surface area contributed by atoms with Gasteiger partial charge in [0.2, 0.25) is 0 Å². The number of fused-ring (bicyclic) bond motifs is 1. The van der Waals surface area contributed by atoms with Gasteiger partial charge in [-0.25, -0.2) is 0 Å². The first-order valence-electron chi connectivity index (χ1n) is 13.5. The van der Waals surface area contributed by atoms with Crippen LogP contribution in [0.25, 0.3) is 6.08 Å². The molecule has 6 nitrogen and oxygen atoms in total. The lowest BCUT2D eigenvalue weighted by atomic mass is 9.73. The van der Waals surface area contributed by atoms with Gasteiger partial charge in [0.05, 0.1) is 29.7 Å². The van der Waals surface area contributed by atoms with E-state index in [1.54, 1.807) is 20.8 Å². The van der Waals surface area contributed by atoms with Crippen LogP contribution in [0.5, 0.6) is 0 Å². The van der Waals surface area contributed by atoms with Crippen molar-refractivity contribution >= 4 is 17.8 Å². The third kappa shape index (κ3) is 6.63. The summed E-state index contributed by atoms with van der Waals surface area (Å²) in [4.78, 5) is 30.7. The fourth-order valence-electron chi connectivity index (χ4n) is 5.67. The molecule has 0 amide bonds. The number of hydrogen-bond donors (Lipinski definition) is 2. The van der Waals surface area contributed by atoms with Crippen molar-refractivity contribution in [3.63, 3.8) is 0 Å². The Kier molecular flexibility index (Phi) is 8.82. The normalized spacial score (nSPS) is 36.6. The number of ether oxygens (including phenoxy) is 1. The molecule has 36 heavy (non-hydrogen) atoms. The first kappa shape index (κ1) is 28.5. The number of ketones is 1. The molecular weight excluding hydrogens is 454 g/mol. The Morgan fingerprint density at radius 1 is 1.17 bits per heavy atom. The van der Waals surface area contributed by atoms with Crippen LogP contribution in [0, 0.1) is 35.5 Å². The zero-order chi connectivity index (χ0) is 26.8. The molecule has 0 aromatic carbocycles. The Labute approximate surface area is 216 Å². The van der Waals surface area contributed by atoms with E-state index in [9.17, 15) is 19.8 Å². The minimum absolute atomic E-state index is 0.0181. The van der Waals surface area contributed by atoms with Crippen LogP contribution in [-0.2, 0) is 14.3 Å². The van der Waals surface area contributed by atoms with Gasteiger partial charge >= 0.3 is 5.97 Å². The van der Waals surface area contributed by atoms with E-state index >= 15 is 0 Å². The lowest BCUT2D eigenvalue weighted by Crippen LogP contribution is -2.45. The molecule has 1 aliphatic heterocycles. The highest BCUT2D eigenvalue weighted by Gasteiger charge is 2.50. The number of aryl methyl sites for hydroxylation is 1. The van der Waals surface area contributed by atoms with E-state index in [1.165, 1.54) is 0 Å². The molecule has 1 aromatic heterocycles. The average molecular weight is 500 g/mol. The Bertz CT molecular complexity index is 968. The molecule has 3 rings (SSSR count). The minimum Gasteiger partial charge on any atom is -0.458 e. The summed E-state index contributed by atoms with van der Waals surface area (Å²) in [5.74, 6) is -0.955. The van der Waals surface area contributed by atoms with Crippen molar-refractivity contribution < 1.29 is 24.5 Å². The molecule has 1 aliphatic carbocycles. The summed E-state index contributed by atoms with van der Waals surface area (Å²) >= 11 is 0. The van der Waals surface area contributed by atoms with Gasteiger partial charge in [0, 0.05) is 12.1 Å². The van der Waals surface area contributed by atoms with Crippen molar-refractivity contribution in [1.29, 1.82) is 0 Å². The molecular formula is C30H45NO5. The van der Waals surface area contributed by atoms with Crippen LogP contribution >= 0.6 is 0 Å². The maximum Gasteiger partial charge on any atom is 0.309 e. The third-order valence-corrected chi connectivity index (χ3v) is 8.87. The first-order chi connectivity index (χ1) is 16.7. The topological polar surface area (TPSA) is 96.7 Å². The van der Waals surface area contributed by atoms with Crippen LogP contribution in [0.2, 0.25) is 0 Å². The second kappa shape index (κ2) is 11.1. The molecule has 2 heterocycles. The van der Waals surface area contributed by atoms with Crippen molar-refractivity contribution in [2.24, 2.45) is 28.6 Å². The Morgan fingerprint density at radius 3 is 2.50 bits per heavy atom. The van der Waals surface area contributed by atoms with Gasteiger partial charge in [0.15, 0.2) is 0 Å². The third-order valence-electron chi connectivity index (χ3n) is 8.87. The van der Waals surface area contributed by atoms with Gasteiger partial charge in [0.25, 0.3) is 0 Å². The highest BCUT2D eigenvalue weighted by atomic mass is 16.5. The molecule has 1 saturated carbocycles. The molecule has 2 aliphatic rings. The highest BCUT2D eigenvalue weighted by molar-refractivity contribution is 5.88. The smallest absolute Gasteiger partial charge is 0.309 e. The number of aromatic nitrogens is 1. The molecule has 1 saturated heterocycles. The molecule has 1 aromatic rings. The maximum atomic E-state index is 13.3. The number of carbonyl (C=O) groups excluding carboxylic acids is 2. The Morgan fingerprint density at radius 2 is 1.86 bits per heavy atom. The van der Waals surface area contributed by atoms with E-state index in [4.69, 9.17) is 4.74 Å².